The Morgan fingerprint density at radius 1 is 1.40 bits per heavy atom. The molecule has 3 N–H and O–H groups in total. The number of aryl methyl sites for hydroxylation is 2. The lowest BCUT2D eigenvalue weighted by molar-refractivity contribution is 0.601. The number of hydrogen-bond acceptors (Lipinski definition) is 4. The van der Waals surface area contributed by atoms with Gasteiger partial charge in [0.15, 0.2) is 0 Å². The van der Waals surface area contributed by atoms with Gasteiger partial charge in [-0.05, 0) is 24.6 Å². The summed E-state index contributed by atoms with van der Waals surface area (Å²) >= 11 is 0. The van der Waals surface area contributed by atoms with Gasteiger partial charge in [0.2, 0.25) is 0 Å². The highest BCUT2D eigenvalue weighted by Crippen LogP contribution is 2.21. The SMILES string of the molecule is CCCc1nn(C)cc1NS(=O)(=O)c1cccc(N)c1. The van der Waals surface area contributed by atoms with Crippen LogP contribution in [0.3, 0.4) is 0 Å². The van der Waals surface area contributed by atoms with Crippen molar-refractivity contribution in [3.8, 4) is 0 Å². The van der Waals surface area contributed by atoms with Gasteiger partial charge < -0.3 is 5.73 Å². The molecule has 0 aliphatic heterocycles. The summed E-state index contributed by atoms with van der Waals surface area (Å²) in [5, 5.41) is 4.26. The minimum atomic E-state index is -3.65. The summed E-state index contributed by atoms with van der Waals surface area (Å²) in [6.45, 7) is 2.02. The van der Waals surface area contributed by atoms with Gasteiger partial charge in [-0.15, -0.1) is 0 Å². The van der Waals surface area contributed by atoms with Crippen LogP contribution in [0.15, 0.2) is 35.4 Å². The molecule has 0 amide bonds. The number of rotatable bonds is 5. The number of anilines is 2. The zero-order chi connectivity index (χ0) is 14.8. The predicted octanol–water partition coefficient (Wildman–Crippen LogP) is 1.76. The molecule has 1 aromatic carbocycles. The molecule has 0 aliphatic rings. The van der Waals surface area contributed by atoms with Crippen molar-refractivity contribution in [2.45, 2.75) is 24.7 Å². The second-order valence-electron chi connectivity index (χ2n) is 4.59. The van der Waals surface area contributed by atoms with E-state index < -0.39 is 10.0 Å². The summed E-state index contributed by atoms with van der Waals surface area (Å²) in [6.07, 6.45) is 3.27. The van der Waals surface area contributed by atoms with Gasteiger partial charge in [-0.2, -0.15) is 5.10 Å². The lowest BCUT2D eigenvalue weighted by Crippen LogP contribution is -2.14. The lowest BCUT2D eigenvalue weighted by atomic mass is 10.2. The first-order chi connectivity index (χ1) is 9.42. The summed E-state index contributed by atoms with van der Waals surface area (Å²) in [6, 6.07) is 6.19. The molecule has 20 heavy (non-hydrogen) atoms. The Labute approximate surface area is 118 Å². The number of benzene rings is 1. The van der Waals surface area contributed by atoms with Gasteiger partial charge in [0.05, 0.1) is 16.3 Å². The first-order valence-electron chi connectivity index (χ1n) is 6.33. The Morgan fingerprint density at radius 2 is 2.15 bits per heavy atom. The maximum atomic E-state index is 12.3. The first-order valence-corrected chi connectivity index (χ1v) is 7.81. The van der Waals surface area contributed by atoms with E-state index in [9.17, 15) is 8.42 Å². The summed E-state index contributed by atoms with van der Waals surface area (Å²) in [4.78, 5) is 0.142. The maximum Gasteiger partial charge on any atom is 0.262 e. The third-order valence-corrected chi connectivity index (χ3v) is 4.17. The van der Waals surface area contributed by atoms with E-state index in [0.29, 0.717) is 11.4 Å². The highest BCUT2D eigenvalue weighted by Gasteiger charge is 2.17. The van der Waals surface area contributed by atoms with E-state index >= 15 is 0 Å². The Morgan fingerprint density at radius 3 is 2.80 bits per heavy atom. The Balaban J connectivity index is 2.33. The molecule has 7 heteroatoms. The van der Waals surface area contributed by atoms with E-state index in [0.717, 1.165) is 18.5 Å². The van der Waals surface area contributed by atoms with Crippen LogP contribution in [0.4, 0.5) is 11.4 Å². The minimum absolute atomic E-state index is 0.142. The van der Waals surface area contributed by atoms with Crippen molar-refractivity contribution < 1.29 is 8.42 Å². The number of nitrogen functional groups attached to an aromatic ring is 1. The Kier molecular flexibility index (Phi) is 3.99. The van der Waals surface area contributed by atoms with Gasteiger partial charge in [0, 0.05) is 18.9 Å². The molecule has 108 valence electrons. The fourth-order valence-corrected chi connectivity index (χ4v) is 3.05. The fraction of sp³-hybridized carbons (Fsp3) is 0.308. The van der Waals surface area contributed by atoms with Crippen molar-refractivity contribution >= 4 is 21.4 Å². The van der Waals surface area contributed by atoms with Crippen LogP contribution in [-0.4, -0.2) is 18.2 Å². The molecule has 0 atom stereocenters. The van der Waals surface area contributed by atoms with Crippen LogP contribution < -0.4 is 10.5 Å². The van der Waals surface area contributed by atoms with Crippen LogP contribution >= 0.6 is 0 Å². The van der Waals surface area contributed by atoms with Crippen molar-refractivity contribution in [3.05, 3.63) is 36.2 Å². The smallest absolute Gasteiger partial charge is 0.262 e. The number of nitrogens with zero attached hydrogens (tertiary/aromatic N) is 2. The molecule has 1 heterocycles. The van der Waals surface area contributed by atoms with Crippen LogP contribution in [0, 0.1) is 0 Å². The van der Waals surface area contributed by atoms with Crippen molar-refractivity contribution in [1.29, 1.82) is 0 Å². The number of nitrogens with one attached hydrogen (secondary N) is 1. The maximum absolute atomic E-state index is 12.3. The van der Waals surface area contributed by atoms with Gasteiger partial charge in [0.1, 0.15) is 0 Å². The monoisotopic (exact) mass is 294 g/mol. The van der Waals surface area contributed by atoms with Crippen LogP contribution in [-0.2, 0) is 23.5 Å². The summed E-state index contributed by atoms with van der Waals surface area (Å²) in [5.74, 6) is 0. The molecule has 2 rings (SSSR count). The van der Waals surface area contributed by atoms with Gasteiger partial charge in [-0.3, -0.25) is 9.40 Å². The van der Waals surface area contributed by atoms with E-state index in [4.69, 9.17) is 5.73 Å². The Bertz CT molecular complexity index is 707. The summed E-state index contributed by atoms with van der Waals surface area (Å²) in [7, 11) is -1.89. The van der Waals surface area contributed by atoms with Crippen LogP contribution in [0.25, 0.3) is 0 Å². The van der Waals surface area contributed by atoms with E-state index in [1.54, 1.807) is 30.1 Å². The average molecular weight is 294 g/mol. The summed E-state index contributed by atoms with van der Waals surface area (Å²) < 4.78 is 28.8. The van der Waals surface area contributed by atoms with Gasteiger partial charge in [0.25, 0.3) is 10.0 Å². The van der Waals surface area contributed by atoms with Crippen LogP contribution in [0.1, 0.15) is 19.0 Å². The molecule has 0 spiro atoms. The topological polar surface area (TPSA) is 90.0 Å². The zero-order valence-electron chi connectivity index (χ0n) is 11.5. The minimum Gasteiger partial charge on any atom is -0.399 e. The quantitative estimate of drug-likeness (QED) is 0.822. The number of sulfonamides is 1. The number of hydrogen-bond donors (Lipinski definition) is 2. The molecular weight excluding hydrogens is 276 g/mol. The number of aromatic nitrogens is 2. The van der Waals surface area contributed by atoms with Crippen LogP contribution in [0.5, 0.6) is 0 Å². The second kappa shape index (κ2) is 5.54. The van der Waals surface area contributed by atoms with Crippen molar-refractivity contribution in [2.75, 3.05) is 10.5 Å². The normalized spacial score (nSPS) is 11.5. The highest BCUT2D eigenvalue weighted by molar-refractivity contribution is 7.92. The average Bonchev–Trinajstić information content (AvgIpc) is 2.69. The van der Waals surface area contributed by atoms with E-state index in [1.165, 1.54) is 12.1 Å². The Hall–Kier alpha value is -2.02. The van der Waals surface area contributed by atoms with E-state index in [1.807, 2.05) is 6.92 Å². The summed E-state index contributed by atoms with van der Waals surface area (Å²) in [5.41, 5.74) is 7.28. The lowest BCUT2D eigenvalue weighted by Gasteiger charge is -2.08. The third kappa shape index (κ3) is 3.11. The third-order valence-electron chi connectivity index (χ3n) is 2.80. The van der Waals surface area contributed by atoms with E-state index in [-0.39, 0.29) is 4.90 Å². The van der Waals surface area contributed by atoms with Crippen molar-refractivity contribution in [2.24, 2.45) is 7.05 Å². The molecule has 0 fully saturated rings. The molecule has 0 radical (unpaired) electrons. The highest BCUT2D eigenvalue weighted by atomic mass is 32.2. The molecule has 2 aromatic rings. The van der Waals surface area contributed by atoms with Crippen molar-refractivity contribution in [3.63, 3.8) is 0 Å². The zero-order valence-corrected chi connectivity index (χ0v) is 12.3. The first kappa shape index (κ1) is 14.4. The fourth-order valence-electron chi connectivity index (χ4n) is 1.93. The molecule has 0 unspecified atom stereocenters. The molecule has 0 bridgehead atoms. The molecule has 1 aromatic heterocycles. The number of nitrogens with two attached hydrogens (primary N) is 1. The molecule has 0 saturated heterocycles. The molecule has 0 saturated carbocycles. The van der Waals surface area contributed by atoms with Gasteiger partial charge >= 0.3 is 0 Å². The van der Waals surface area contributed by atoms with E-state index in [2.05, 4.69) is 9.82 Å². The standard InChI is InChI=1S/C13H18N4O2S/c1-3-5-12-13(9-17(2)15-12)16-20(18,19)11-7-4-6-10(14)8-11/h4,6-9,16H,3,5,14H2,1-2H3. The van der Waals surface area contributed by atoms with Crippen molar-refractivity contribution in [1.82, 2.24) is 9.78 Å². The van der Waals surface area contributed by atoms with Gasteiger partial charge in [-0.25, -0.2) is 8.42 Å². The molecule has 6 nitrogen and oxygen atoms in total. The largest absolute Gasteiger partial charge is 0.399 e. The van der Waals surface area contributed by atoms with Crippen LogP contribution in [0.2, 0.25) is 0 Å². The molecule has 0 aliphatic carbocycles. The predicted molar refractivity (Wildman–Crippen MR) is 78.9 cm³/mol. The van der Waals surface area contributed by atoms with Gasteiger partial charge in [-0.1, -0.05) is 19.4 Å². The second-order valence-corrected chi connectivity index (χ2v) is 6.27. The molecular formula is C13H18N4O2S.